The van der Waals surface area contributed by atoms with Gasteiger partial charge in [-0.3, -0.25) is 4.57 Å². The highest BCUT2D eigenvalue weighted by Gasteiger charge is 2.36. The highest BCUT2D eigenvalue weighted by molar-refractivity contribution is 7.59. The molecule has 6 nitrogen and oxygen atoms in total. The predicted molar refractivity (Wildman–Crippen MR) is 73.9 cm³/mol. The van der Waals surface area contributed by atoms with E-state index >= 15 is 0 Å². The van der Waals surface area contributed by atoms with Crippen LogP contribution in [-0.4, -0.2) is 32.3 Å². The third kappa shape index (κ3) is 6.23. The van der Waals surface area contributed by atoms with Gasteiger partial charge in [0.1, 0.15) is 0 Å². The fourth-order valence-corrected chi connectivity index (χ4v) is 2.85. The van der Waals surface area contributed by atoms with Crippen molar-refractivity contribution in [3.05, 3.63) is 11.5 Å². The number of hydrogen-bond donors (Lipinski definition) is 1. The Morgan fingerprint density at radius 3 is 2.11 bits per heavy atom. The van der Waals surface area contributed by atoms with Crippen molar-refractivity contribution in [3.63, 3.8) is 0 Å². The van der Waals surface area contributed by atoms with E-state index in [-0.39, 0.29) is 25.1 Å². The van der Waals surface area contributed by atoms with Crippen molar-refractivity contribution in [2.45, 2.75) is 34.1 Å². The lowest BCUT2D eigenvalue weighted by atomic mass is 10.5. The summed E-state index contributed by atoms with van der Waals surface area (Å²) in [6.07, 6.45) is 2.24. The molecule has 0 aliphatic carbocycles. The van der Waals surface area contributed by atoms with Gasteiger partial charge in [0.15, 0.2) is 5.31 Å². The number of carbonyl (C=O) groups excluding carboxylic acids is 1. The van der Waals surface area contributed by atoms with Gasteiger partial charge in [0.05, 0.1) is 19.8 Å². The van der Waals surface area contributed by atoms with E-state index in [1.807, 2.05) is 6.92 Å². The molecule has 0 amide bonds. The maximum absolute atomic E-state index is 12.6. The molecule has 19 heavy (non-hydrogen) atoms. The molecule has 0 aromatic heterocycles. The molecule has 0 rings (SSSR count). The first-order chi connectivity index (χ1) is 9.05. The van der Waals surface area contributed by atoms with E-state index in [2.05, 4.69) is 5.32 Å². The normalized spacial score (nSPS) is 12.3. The topological polar surface area (TPSA) is 73.9 Å². The first-order valence-corrected chi connectivity index (χ1v) is 8.10. The molecule has 0 atom stereocenters. The van der Waals surface area contributed by atoms with Crippen molar-refractivity contribution < 1.29 is 23.1 Å². The Balaban J connectivity index is 5.21. The van der Waals surface area contributed by atoms with E-state index in [1.54, 1.807) is 20.8 Å². The van der Waals surface area contributed by atoms with Crippen LogP contribution in [-0.2, 0) is 23.1 Å². The second-order valence-electron chi connectivity index (χ2n) is 3.54. The van der Waals surface area contributed by atoms with Crippen LogP contribution in [0, 0.1) is 0 Å². The Kier molecular flexibility index (Phi) is 9.57. The molecule has 1 N–H and O–H groups in total. The van der Waals surface area contributed by atoms with Crippen molar-refractivity contribution in [1.82, 2.24) is 5.32 Å². The Labute approximate surface area is 115 Å². The first-order valence-electron chi connectivity index (χ1n) is 6.55. The quantitative estimate of drug-likeness (QED) is 0.289. The Bertz CT molecular complexity index is 333. The Morgan fingerprint density at radius 1 is 1.11 bits per heavy atom. The summed E-state index contributed by atoms with van der Waals surface area (Å²) in [7, 11) is -3.63. The molecule has 0 aliphatic rings. The fraction of sp³-hybridized carbons (Fsp3) is 0.750. The molecule has 0 saturated heterocycles. The van der Waals surface area contributed by atoms with E-state index < -0.39 is 13.6 Å². The van der Waals surface area contributed by atoms with Crippen molar-refractivity contribution >= 4 is 13.6 Å². The molecule has 0 aliphatic heterocycles. The number of ether oxygens (including phenoxy) is 1. The van der Waals surface area contributed by atoms with Crippen LogP contribution in [0.1, 0.15) is 34.1 Å². The summed E-state index contributed by atoms with van der Waals surface area (Å²) >= 11 is 0. The number of rotatable bonds is 10. The highest BCUT2D eigenvalue weighted by Crippen LogP contribution is 2.56. The van der Waals surface area contributed by atoms with Crippen molar-refractivity contribution in [3.8, 4) is 0 Å². The average molecular weight is 293 g/mol. The van der Waals surface area contributed by atoms with Gasteiger partial charge >= 0.3 is 13.6 Å². The fourth-order valence-electron chi connectivity index (χ4n) is 1.28. The van der Waals surface area contributed by atoms with Crippen LogP contribution in [0.2, 0.25) is 0 Å². The highest BCUT2D eigenvalue weighted by atomic mass is 31.2. The van der Waals surface area contributed by atoms with Crippen molar-refractivity contribution in [1.29, 1.82) is 0 Å². The van der Waals surface area contributed by atoms with E-state index in [4.69, 9.17) is 13.8 Å². The SMILES string of the molecule is CCCN/C=C(\C(=O)OCC)P(=O)(OCC)OCC. The monoisotopic (exact) mass is 293 g/mol. The summed E-state index contributed by atoms with van der Waals surface area (Å²) in [6.45, 7) is 8.26. The number of hydrogen-bond acceptors (Lipinski definition) is 6. The minimum absolute atomic E-state index is 0.0912. The summed E-state index contributed by atoms with van der Waals surface area (Å²) < 4.78 is 27.8. The van der Waals surface area contributed by atoms with Crippen LogP contribution >= 0.6 is 7.60 Å². The largest absolute Gasteiger partial charge is 0.462 e. The number of nitrogens with one attached hydrogen (secondary N) is 1. The van der Waals surface area contributed by atoms with E-state index in [0.717, 1.165) is 6.42 Å². The zero-order valence-electron chi connectivity index (χ0n) is 12.1. The summed E-state index contributed by atoms with van der Waals surface area (Å²) in [4.78, 5) is 11.9. The minimum atomic E-state index is -3.63. The lowest BCUT2D eigenvalue weighted by Crippen LogP contribution is -2.16. The summed E-state index contributed by atoms with van der Waals surface area (Å²) in [5.74, 6) is -0.684. The van der Waals surface area contributed by atoms with Gasteiger partial charge in [0.2, 0.25) is 0 Å². The van der Waals surface area contributed by atoms with Crippen LogP contribution in [0.5, 0.6) is 0 Å². The molecule has 0 saturated carbocycles. The van der Waals surface area contributed by atoms with Crippen LogP contribution in [0.3, 0.4) is 0 Å². The average Bonchev–Trinajstić information content (AvgIpc) is 2.35. The van der Waals surface area contributed by atoms with Gasteiger partial charge in [-0.05, 0) is 27.2 Å². The van der Waals surface area contributed by atoms with Crippen molar-refractivity contribution in [2.24, 2.45) is 0 Å². The molecule has 0 fully saturated rings. The molecule has 0 radical (unpaired) electrons. The molecule has 0 heterocycles. The van der Waals surface area contributed by atoms with Gasteiger partial charge in [0, 0.05) is 12.7 Å². The standard InChI is InChI=1S/C12H24NO5P/c1-5-9-13-10-11(12(14)16-6-2)19(15,17-7-3)18-8-4/h10,13H,5-9H2,1-4H3/b11-10+. The minimum Gasteiger partial charge on any atom is -0.462 e. The summed E-state index contributed by atoms with van der Waals surface area (Å²) in [6, 6.07) is 0. The van der Waals surface area contributed by atoms with Crippen LogP contribution in [0.25, 0.3) is 0 Å². The Hall–Kier alpha value is -0.840. The van der Waals surface area contributed by atoms with Crippen molar-refractivity contribution in [2.75, 3.05) is 26.4 Å². The number of carbonyl (C=O) groups is 1. The van der Waals surface area contributed by atoms with Crippen LogP contribution in [0.4, 0.5) is 0 Å². The van der Waals surface area contributed by atoms with Gasteiger partial charge in [-0.15, -0.1) is 0 Å². The molecule has 0 aromatic carbocycles. The van der Waals surface area contributed by atoms with E-state index in [9.17, 15) is 9.36 Å². The zero-order valence-corrected chi connectivity index (χ0v) is 13.0. The van der Waals surface area contributed by atoms with Gasteiger partial charge < -0.3 is 19.1 Å². The molecule has 0 bridgehead atoms. The lowest BCUT2D eigenvalue weighted by molar-refractivity contribution is -0.137. The molecular weight excluding hydrogens is 269 g/mol. The molecule has 0 spiro atoms. The molecule has 112 valence electrons. The second-order valence-corrected chi connectivity index (χ2v) is 5.53. The third-order valence-electron chi connectivity index (χ3n) is 2.01. The summed E-state index contributed by atoms with van der Waals surface area (Å²) in [5.41, 5.74) is 0. The summed E-state index contributed by atoms with van der Waals surface area (Å²) in [5, 5.41) is 2.81. The van der Waals surface area contributed by atoms with E-state index in [0.29, 0.717) is 6.54 Å². The van der Waals surface area contributed by atoms with Gasteiger partial charge in [-0.25, -0.2) is 4.79 Å². The Morgan fingerprint density at radius 2 is 1.68 bits per heavy atom. The predicted octanol–water partition coefficient (Wildman–Crippen LogP) is 2.66. The first kappa shape index (κ1) is 18.2. The maximum Gasteiger partial charge on any atom is 0.370 e. The molecule has 0 aromatic rings. The number of esters is 1. The third-order valence-corrected chi connectivity index (χ3v) is 4.11. The maximum atomic E-state index is 12.6. The molecular formula is C12H24NO5P. The zero-order chi connectivity index (χ0) is 14.7. The molecule has 7 heteroatoms. The van der Waals surface area contributed by atoms with Gasteiger partial charge in [-0.2, -0.15) is 0 Å². The van der Waals surface area contributed by atoms with Gasteiger partial charge in [-0.1, -0.05) is 6.92 Å². The van der Waals surface area contributed by atoms with Crippen LogP contribution in [0.15, 0.2) is 11.5 Å². The molecule has 0 unspecified atom stereocenters. The lowest BCUT2D eigenvalue weighted by Gasteiger charge is -2.19. The smallest absolute Gasteiger partial charge is 0.370 e. The second kappa shape index (κ2) is 10.0. The van der Waals surface area contributed by atoms with Crippen LogP contribution < -0.4 is 5.32 Å². The van der Waals surface area contributed by atoms with E-state index in [1.165, 1.54) is 6.20 Å². The van der Waals surface area contributed by atoms with Gasteiger partial charge in [0.25, 0.3) is 0 Å².